The number of hydrogen-bond donors (Lipinski definition) is 0. The van der Waals surface area contributed by atoms with Crippen molar-refractivity contribution in [2.75, 3.05) is 44.3 Å². The zero-order chi connectivity index (χ0) is 20.1. The van der Waals surface area contributed by atoms with Crippen molar-refractivity contribution in [1.82, 2.24) is 4.90 Å². The molecular weight excluding hydrogens is 367 g/mol. The minimum Gasteiger partial charge on any atom is -0.494 e. The third-order valence-electron chi connectivity index (χ3n) is 7.38. The Balaban J connectivity index is 1.27. The van der Waals surface area contributed by atoms with E-state index in [0.717, 1.165) is 57.1 Å². The first-order valence-corrected chi connectivity index (χ1v) is 10.7. The number of ether oxygens (including phenoxy) is 2. The van der Waals surface area contributed by atoms with E-state index in [2.05, 4.69) is 41.8 Å². The van der Waals surface area contributed by atoms with Crippen LogP contribution in [0.4, 0.5) is 10.1 Å². The van der Waals surface area contributed by atoms with Gasteiger partial charge >= 0.3 is 0 Å². The van der Waals surface area contributed by atoms with Crippen LogP contribution in [-0.2, 0) is 5.41 Å². The molecule has 2 atom stereocenters. The molecule has 0 spiro atoms. The molecule has 2 aromatic rings. The molecule has 154 valence electrons. The number of hydrogen-bond acceptors (Lipinski definition) is 4. The van der Waals surface area contributed by atoms with Crippen molar-refractivity contribution in [1.29, 1.82) is 0 Å². The third kappa shape index (κ3) is 2.90. The summed E-state index contributed by atoms with van der Waals surface area (Å²) in [6.45, 7) is 10.4. The Kier molecular flexibility index (Phi) is 4.46. The number of anilines is 1. The normalized spacial score (nSPS) is 27.9. The summed E-state index contributed by atoms with van der Waals surface area (Å²) in [5.74, 6) is 1.55. The number of halogens is 1. The number of fused-ring (bicyclic) bond motifs is 3. The fraction of sp³-hybridized carbons (Fsp3) is 0.500. The average Bonchev–Trinajstić information content (AvgIpc) is 2.93. The Morgan fingerprint density at radius 1 is 1.10 bits per heavy atom. The van der Waals surface area contributed by atoms with Crippen molar-refractivity contribution in [3.8, 4) is 11.5 Å². The second-order valence-electron chi connectivity index (χ2n) is 8.94. The maximum Gasteiger partial charge on any atom is 0.143 e. The molecule has 29 heavy (non-hydrogen) atoms. The van der Waals surface area contributed by atoms with Gasteiger partial charge in [-0.15, -0.1) is 0 Å². The molecule has 3 heterocycles. The van der Waals surface area contributed by atoms with Crippen LogP contribution in [0.3, 0.4) is 0 Å². The molecule has 2 aromatic carbocycles. The van der Waals surface area contributed by atoms with Gasteiger partial charge in [0, 0.05) is 30.6 Å². The van der Waals surface area contributed by atoms with Gasteiger partial charge in [-0.25, -0.2) is 4.39 Å². The summed E-state index contributed by atoms with van der Waals surface area (Å²) < 4.78 is 24.8. The van der Waals surface area contributed by atoms with Crippen molar-refractivity contribution in [2.45, 2.75) is 37.6 Å². The van der Waals surface area contributed by atoms with Crippen LogP contribution >= 0.6 is 0 Å². The van der Waals surface area contributed by atoms with E-state index in [1.807, 2.05) is 0 Å². The molecule has 5 heteroatoms. The molecule has 1 saturated heterocycles. The maximum atomic E-state index is 13.0. The van der Waals surface area contributed by atoms with Crippen LogP contribution in [0.1, 0.15) is 32.3 Å². The maximum absolute atomic E-state index is 13.0. The van der Waals surface area contributed by atoms with Crippen LogP contribution in [0.15, 0.2) is 42.5 Å². The highest BCUT2D eigenvalue weighted by molar-refractivity contribution is 5.74. The van der Waals surface area contributed by atoms with Crippen molar-refractivity contribution in [3.05, 3.63) is 53.8 Å². The van der Waals surface area contributed by atoms with E-state index in [1.165, 1.54) is 23.4 Å². The lowest BCUT2D eigenvalue weighted by Crippen LogP contribution is -2.64. The predicted octanol–water partition coefficient (Wildman–Crippen LogP) is 4.23. The molecular formula is C24H29FN2O2. The minimum absolute atomic E-state index is 0.0854. The number of rotatable bonds is 5. The van der Waals surface area contributed by atoms with Gasteiger partial charge in [0.15, 0.2) is 0 Å². The molecule has 0 N–H and O–H groups in total. The molecule has 3 aliphatic heterocycles. The monoisotopic (exact) mass is 396 g/mol. The molecule has 0 bridgehead atoms. The molecule has 0 unspecified atom stereocenters. The Morgan fingerprint density at radius 3 is 2.76 bits per heavy atom. The highest BCUT2D eigenvalue weighted by Gasteiger charge is 2.59. The van der Waals surface area contributed by atoms with Crippen molar-refractivity contribution in [2.24, 2.45) is 0 Å². The molecule has 1 fully saturated rings. The Morgan fingerprint density at radius 2 is 1.93 bits per heavy atom. The van der Waals surface area contributed by atoms with E-state index in [1.54, 1.807) is 12.1 Å². The first-order valence-electron chi connectivity index (χ1n) is 10.7. The number of nitrogens with zero attached hydrogens (tertiary/aromatic N) is 2. The van der Waals surface area contributed by atoms with Gasteiger partial charge in [-0.3, -0.25) is 0 Å². The van der Waals surface area contributed by atoms with Crippen LogP contribution in [0.5, 0.6) is 11.5 Å². The summed E-state index contributed by atoms with van der Waals surface area (Å²) in [5, 5.41) is 0. The lowest BCUT2D eigenvalue weighted by molar-refractivity contribution is 0.0835. The van der Waals surface area contributed by atoms with E-state index in [-0.39, 0.29) is 16.8 Å². The average molecular weight is 397 g/mol. The van der Waals surface area contributed by atoms with Gasteiger partial charge in [-0.2, -0.15) is 0 Å². The van der Waals surface area contributed by atoms with Gasteiger partial charge in [0.1, 0.15) is 23.9 Å². The molecule has 0 amide bonds. The first kappa shape index (κ1) is 18.7. The summed E-state index contributed by atoms with van der Waals surface area (Å²) in [6, 6.07) is 12.8. The van der Waals surface area contributed by atoms with Gasteiger partial charge in [0.05, 0.1) is 18.8 Å². The lowest BCUT2D eigenvalue weighted by Gasteiger charge is -2.53. The molecule has 3 aliphatic rings. The van der Waals surface area contributed by atoms with Gasteiger partial charge in [-0.1, -0.05) is 19.1 Å². The molecule has 0 aromatic heterocycles. The second-order valence-corrected chi connectivity index (χ2v) is 8.94. The standard InChI is InChI=1S/C24H29FN2O2/c1-23-17-26(12-4-15-28-19-9-7-18(25)8-10-19)13-11-24(23,2)27-14-16-29-21-6-3-5-20(23)22(21)27/h3,5-10H,4,11-17H2,1-2H3/t23-,24-/m0/s1. The molecule has 5 rings (SSSR count). The summed E-state index contributed by atoms with van der Waals surface area (Å²) >= 11 is 0. The Labute approximate surface area is 172 Å². The van der Waals surface area contributed by atoms with Crippen LogP contribution in [0.25, 0.3) is 0 Å². The summed E-state index contributed by atoms with van der Waals surface area (Å²) in [6.07, 6.45) is 2.11. The first-order chi connectivity index (χ1) is 14.0. The van der Waals surface area contributed by atoms with Gasteiger partial charge in [0.2, 0.25) is 0 Å². The number of likely N-dealkylation sites (tertiary alicyclic amines) is 1. The van der Waals surface area contributed by atoms with E-state index in [0.29, 0.717) is 6.61 Å². The lowest BCUT2D eigenvalue weighted by atomic mass is 9.65. The van der Waals surface area contributed by atoms with Crippen molar-refractivity contribution < 1.29 is 13.9 Å². The van der Waals surface area contributed by atoms with E-state index in [4.69, 9.17) is 9.47 Å². The number of para-hydroxylation sites is 1. The summed E-state index contributed by atoms with van der Waals surface area (Å²) in [7, 11) is 0. The predicted molar refractivity (Wildman–Crippen MR) is 113 cm³/mol. The fourth-order valence-corrected chi connectivity index (χ4v) is 5.57. The number of benzene rings is 2. The van der Waals surface area contributed by atoms with Gasteiger partial charge < -0.3 is 19.3 Å². The third-order valence-corrected chi connectivity index (χ3v) is 7.38. The Bertz CT molecular complexity index is 902. The highest BCUT2D eigenvalue weighted by atomic mass is 19.1. The van der Waals surface area contributed by atoms with E-state index in [9.17, 15) is 4.39 Å². The van der Waals surface area contributed by atoms with Crippen molar-refractivity contribution in [3.63, 3.8) is 0 Å². The molecule has 0 aliphatic carbocycles. The largest absolute Gasteiger partial charge is 0.494 e. The zero-order valence-corrected chi connectivity index (χ0v) is 17.3. The van der Waals surface area contributed by atoms with Crippen molar-refractivity contribution >= 4 is 5.69 Å². The van der Waals surface area contributed by atoms with Crippen LogP contribution < -0.4 is 14.4 Å². The summed E-state index contributed by atoms with van der Waals surface area (Å²) in [4.78, 5) is 5.20. The van der Waals surface area contributed by atoms with Gasteiger partial charge in [0.25, 0.3) is 0 Å². The molecule has 0 radical (unpaired) electrons. The van der Waals surface area contributed by atoms with E-state index < -0.39 is 0 Å². The second kappa shape index (κ2) is 6.91. The SMILES string of the molecule is C[C@@]12CN(CCCOc3ccc(F)cc3)CC[C@]1(C)N1CCOc3cccc2c31. The topological polar surface area (TPSA) is 24.9 Å². The Hall–Kier alpha value is -2.27. The van der Waals surface area contributed by atoms with Crippen LogP contribution in [0.2, 0.25) is 0 Å². The van der Waals surface area contributed by atoms with Gasteiger partial charge in [-0.05, 0) is 55.7 Å². The molecule has 4 nitrogen and oxygen atoms in total. The quantitative estimate of drug-likeness (QED) is 0.706. The number of piperidine rings is 1. The fourth-order valence-electron chi connectivity index (χ4n) is 5.57. The highest BCUT2D eigenvalue weighted by Crippen LogP contribution is 2.58. The minimum atomic E-state index is -0.231. The smallest absolute Gasteiger partial charge is 0.143 e. The zero-order valence-electron chi connectivity index (χ0n) is 17.3. The van der Waals surface area contributed by atoms with Crippen LogP contribution in [-0.4, -0.2) is 49.8 Å². The molecule has 0 saturated carbocycles. The van der Waals surface area contributed by atoms with Crippen LogP contribution in [0, 0.1) is 5.82 Å². The van der Waals surface area contributed by atoms with E-state index >= 15 is 0 Å². The summed E-state index contributed by atoms with van der Waals surface area (Å²) in [5.41, 5.74) is 2.98.